The van der Waals surface area contributed by atoms with Gasteiger partial charge in [-0.15, -0.1) is 6.58 Å². The maximum atomic E-state index is 12.9. The summed E-state index contributed by atoms with van der Waals surface area (Å²) in [6.45, 7) is 8.10. The molecule has 0 unspecified atom stereocenters. The molecule has 29 heavy (non-hydrogen) atoms. The van der Waals surface area contributed by atoms with Gasteiger partial charge >= 0.3 is 0 Å². The summed E-state index contributed by atoms with van der Waals surface area (Å²) >= 11 is 0. The van der Waals surface area contributed by atoms with Gasteiger partial charge in [-0.3, -0.25) is 9.48 Å². The molecule has 148 valence electrons. The van der Waals surface area contributed by atoms with Gasteiger partial charge in [-0.1, -0.05) is 12.1 Å². The molecule has 0 aliphatic rings. The van der Waals surface area contributed by atoms with E-state index in [2.05, 4.69) is 31.9 Å². The standard InChI is InChI=1S/C19H21N9O/c1-4-8-27-18(29)14-10-21-19(23-13-9-22-26(11-13)12(2)3)25-17(14)28(27)16-7-5-6-15(20)24-16/h4-7,9-12H,1,8H2,2-3H3,(H2,20,24)(H,21,23,25). The van der Waals surface area contributed by atoms with Gasteiger partial charge in [0.1, 0.15) is 11.2 Å². The molecule has 0 spiro atoms. The lowest BCUT2D eigenvalue weighted by atomic mass is 10.4. The first-order valence-corrected chi connectivity index (χ1v) is 9.11. The van der Waals surface area contributed by atoms with E-state index in [4.69, 9.17) is 5.73 Å². The Hall–Kier alpha value is -3.95. The Kier molecular flexibility index (Phi) is 4.59. The lowest BCUT2D eigenvalue weighted by molar-refractivity contribution is 0.532. The summed E-state index contributed by atoms with van der Waals surface area (Å²) in [6, 6.07) is 5.45. The number of aromatic nitrogens is 7. The molecule has 0 saturated carbocycles. The molecule has 10 heteroatoms. The number of anilines is 3. The lowest BCUT2D eigenvalue weighted by Crippen LogP contribution is -2.22. The summed E-state index contributed by atoms with van der Waals surface area (Å²) in [5.41, 5.74) is 6.78. The molecule has 4 rings (SSSR count). The van der Waals surface area contributed by atoms with Gasteiger partial charge in [0.15, 0.2) is 11.5 Å². The van der Waals surface area contributed by atoms with Crippen LogP contribution < -0.4 is 16.6 Å². The van der Waals surface area contributed by atoms with Gasteiger partial charge < -0.3 is 11.1 Å². The molecule has 0 radical (unpaired) electrons. The molecule has 4 heterocycles. The van der Waals surface area contributed by atoms with Gasteiger partial charge in [-0.05, 0) is 26.0 Å². The minimum absolute atomic E-state index is 0.233. The number of nitrogen functional groups attached to an aromatic ring is 1. The Balaban J connectivity index is 1.85. The zero-order valence-corrected chi connectivity index (χ0v) is 16.1. The second kappa shape index (κ2) is 7.23. The molecule has 0 aromatic carbocycles. The van der Waals surface area contributed by atoms with Crippen molar-refractivity contribution >= 4 is 28.5 Å². The van der Waals surface area contributed by atoms with Crippen molar-refractivity contribution in [1.29, 1.82) is 0 Å². The number of rotatable bonds is 6. The number of nitrogens with zero attached hydrogens (tertiary/aromatic N) is 7. The number of hydrogen-bond donors (Lipinski definition) is 2. The third-order valence-corrected chi connectivity index (χ3v) is 4.34. The minimum Gasteiger partial charge on any atom is -0.384 e. The van der Waals surface area contributed by atoms with E-state index in [0.717, 1.165) is 5.69 Å². The zero-order chi connectivity index (χ0) is 20.5. The van der Waals surface area contributed by atoms with Crippen LogP contribution in [0.3, 0.4) is 0 Å². The summed E-state index contributed by atoms with van der Waals surface area (Å²) in [4.78, 5) is 26.1. The van der Waals surface area contributed by atoms with E-state index in [0.29, 0.717) is 28.6 Å². The Morgan fingerprint density at radius 2 is 2.10 bits per heavy atom. The summed E-state index contributed by atoms with van der Waals surface area (Å²) in [5.74, 6) is 1.17. The van der Waals surface area contributed by atoms with Crippen LogP contribution in [0.25, 0.3) is 16.9 Å². The number of hydrogen-bond acceptors (Lipinski definition) is 7. The molecule has 4 aromatic rings. The largest absolute Gasteiger partial charge is 0.384 e. The smallest absolute Gasteiger partial charge is 0.278 e. The fraction of sp³-hybridized carbons (Fsp3) is 0.211. The van der Waals surface area contributed by atoms with Crippen molar-refractivity contribution in [2.24, 2.45) is 0 Å². The molecular weight excluding hydrogens is 370 g/mol. The topological polar surface area (TPSA) is 121 Å². The molecule has 0 atom stereocenters. The highest BCUT2D eigenvalue weighted by Gasteiger charge is 2.18. The molecule has 0 bridgehead atoms. The van der Waals surface area contributed by atoms with Gasteiger partial charge in [-0.25, -0.2) is 19.3 Å². The first kappa shape index (κ1) is 18.4. The van der Waals surface area contributed by atoms with E-state index in [-0.39, 0.29) is 18.1 Å². The number of nitrogens with one attached hydrogen (secondary N) is 1. The van der Waals surface area contributed by atoms with Gasteiger partial charge in [0, 0.05) is 18.4 Å². The van der Waals surface area contributed by atoms with Crippen molar-refractivity contribution in [3.8, 4) is 5.82 Å². The lowest BCUT2D eigenvalue weighted by Gasteiger charge is -2.10. The second-order valence-electron chi connectivity index (χ2n) is 6.77. The first-order chi connectivity index (χ1) is 14.0. The van der Waals surface area contributed by atoms with Crippen LogP contribution in [0, 0.1) is 0 Å². The SMILES string of the molecule is C=CCn1c(=O)c2cnc(Nc3cnn(C(C)C)c3)nc2n1-c1cccc(N)n1. The molecule has 0 aliphatic carbocycles. The van der Waals surface area contributed by atoms with E-state index in [9.17, 15) is 4.79 Å². The normalized spacial score (nSPS) is 11.3. The van der Waals surface area contributed by atoms with E-state index in [1.807, 2.05) is 24.7 Å². The molecular formula is C19H21N9O. The number of fused-ring (bicyclic) bond motifs is 1. The van der Waals surface area contributed by atoms with Crippen LogP contribution in [0.15, 0.2) is 54.2 Å². The third-order valence-electron chi connectivity index (χ3n) is 4.34. The van der Waals surface area contributed by atoms with Crippen molar-refractivity contribution < 1.29 is 0 Å². The Bertz CT molecular complexity index is 1250. The molecule has 0 amide bonds. The van der Waals surface area contributed by atoms with Crippen LogP contribution in [0.1, 0.15) is 19.9 Å². The molecule has 0 saturated heterocycles. The van der Waals surface area contributed by atoms with E-state index < -0.39 is 0 Å². The summed E-state index contributed by atoms with van der Waals surface area (Å²) in [5, 5.41) is 7.80. The van der Waals surface area contributed by atoms with Crippen LogP contribution in [-0.2, 0) is 6.54 Å². The van der Waals surface area contributed by atoms with Crippen LogP contribution in [0.5, 0.6) is 0 Å². The Morgan fingerprint density at radius 3 is 2.79 bits per heavy atom. The predicted molar refractivity (Wildman–Crippen MR) is 111 cm³/mol. The van der Waals surface area contributed by atoms with E-state index in [1.165, 1.54) is 10.9 Å². The molecule has 10 nitrogen and oxygen atoms in total. The van der Waals surface area contributed by atoms with Gasteiger partial charge in [0.05, 0.1) is 18.4 Å². The Labute approximate surface area is 166 Å². The molecule has 4 aromatic heterocycles. The highest BCUT2D eigenvalue weighted by atomic mass is 16.1. The zero-order valence-electron chi connectivity index (χ0n) is 16.1. The van der Waals surface area contributed by atoms with Crippen molar-refractivity contribution in [2.75, 3.05) is 11.1 Å². The Morgan fingerprint density at radius 1 is 1.28 bits per heavy atom. The molecule has 0 fully saturated rings. The van der Waals surface area contributed by atoms with Crippen molar-refractivity contribution in [1.82, 2.24) is 34.1 Å². The summed E-state index contributed by atoms with van der Waals surface area (Å²) in [7, 11) is 0. The predicted octanol–water partition coefficient (Wildman–Crippen LogP) is 2.27. The second-order valence-corrected chi connectivity index (χ2v) is 6.77. The van der Waals surface area contributed by atoms with Crippen molar-refractivity contribution in [3.63, 3.8) is 0 Å². The molecule has 0 aliphatic heterocycles. The van der Waals surface area contributed by atoms with Gasteiger partial charge in [0.2, 0.25) is 5.95 Å². The maximum absolute atomic E-state index is 12.9. The quantitative estimate of drug-likeness (QED) is 0.484. The van der Waals surface area contributed by atoms with Crippen LogP contribution in [0.4, 0.5) is 17.5 Å². The number of allylic oxidation sites excluding steroid dienone is 1. The number of pyridine rings is 1. The van der Waals surface area contributed by atoms with E-state index in [1.54, 1.807) is 35.2 Å². The fourth-order valence-corrected chi connectivity index (χ4v) is 2.98. The summed E-state index contributed by atoms with van der Waals surface area (Å²) in [6.07, 6.45) is 6.70. The summed E-state index contributed by atoms with van der Waals surface area (Å²) < 4.78 is 4.95. The van der Waals surface area contributed by atoms with Crippen LogP contribution in [-0.4, -0.2) is 34.1 Å². The third kappa shape index (κ3) is 3.35. The highest BCUT2D eigenvalue weighted by Crippen LogP contribution is 2.19. The average molecular weight is 391 g/mol. The van der Waals surface area contributed by atoms with Gasteiger partial charge in [0.25, 0.3) is 5.56 Å². The molecule has 3 N–H and O–H groups in total. The van der Waals surface area contributed by atoms with Crippen LogP contribution >= 0.6 is 0 Å². The fourth-order valence-electron chi connectivity index (χ4n) is 2.98. The van der Waals surface area contributed by atoms with Crippen LogP contribution in [0.2, 0.25) is 0 Å². The minimum atomic E-state index is -0.233. The highest BCUT2D eigenvalue weighted by molar-refractivity contribution is 5.77. The number of nitrogens with two attached hydrogens (primary N) is 1. The maximum Gasteiger partial charge on any atom is 0.278 e. The van der Waals surface area contributed by atoms with E-state index >= 15 is 0 Å². The van der Waals surface area contributed by atoms with Crippen molar-refractivity contribution in [3.05, 3.63) is 59.8 Å². The monoisotopic (exact) mass is 391 g/mol. The van der Waals surface area contributed by atoms with Crippen molar-refractivity contribution in [2.45, 2.75) is 26.4 Å². The average Bonchev–Trinajstić information content (AvgIpc) is 3.26. The first-order valence-electron chi connectivity index (χ1n) is 9.11. The van der Waals surface area contributed by atoms with Gasteiger partial charge in [-0.2, -0.15) is 10.1 Å².